The third kappa shape index (κ3) is 0.900. The standard InChI is InChI=1S/C7H8NO2/c1-4-3-8-5(2)6(4)7(9)10/h8H,1-2H3,(H,9,10). The predicted octanol–water partition coefficient (Wildman–Crippen LogP) is 1.13. The molecule has 0 aliphatic heterocycles. The Balaban J connectivity index is 3.23. The zero-order chi connectivity index (χ0) is 7.72. The zero-order valence-electron chi connectivity index (χ0n) is 5.86. The third-order valence-corrected chi connectivity index (χ3v) is 1.40. The maximum absolute atomic E-state index is 10.5. The summed E-state index contributed by atoms with van der Waals surface area (Å²) in [7, 11) is 0. The minimum Gasteiger partial charge on any atom is -0.478 e. The van der Waals surface area contributed by atoms with Crippen LogP contribution >= 0.6 is 0 Å². The molecule has 1 heterocycles. The molecule has 1 rings (SSSR count). The summed E-state index contributed by atoms with van der Waals surface area (Å²) in [6.45, 7) is 3.43. The summed E-state index contributed by atoms with van der Waals surface area (Å²) in [4.78, 5) is 13.2. The molecule has 2 N–H and O–H groups in total. The lowest BCUT2D eigenvalue weighted by atomic mass is 10.2. The molecule has 1 aromatic rings. The van der Waals surface area contributed by atoms with Gasteiger partial charge in [-0.15, -0.1) is 0 Å². The number of aryl methyl sites for hydroxylation is 2. The van der Waals surface area contributed by atoms with Crippen molar-refractivity contribution in [3.63, 3.8) is 0 Å². The summed E-state index contributed by atoms with van der Waals surface area (Å²) in [5, 5.41) is 8.60. The molecule has 0 spiro atoms. The molecule has 0 aliphatic rings. The van der Waals surface area contributed by atoms with E-state index in [0.29, 0.717) is 16.8 Å². The largest absolute Gasteiger partial charge is 0.478 e. The van der Waals surface area contributed by atoms with Crippen molar-refractivity contribution in [2.24, 2.45) is 0 Å². The highest BCUT2D eigenvalue weighted by Crippen LogP contribution is 2.10. The van der Waals surface area contributed by atoms with Crippen molar-refractivity contribution in [1.82, 2.24) is 4.98 Å². The summed E-state index contributed by atoms with van der Waals surface area (Å²) in [5.74, 6) is -0.896. The molecule has 0 aliphatic carbocycles. The second-order valence-corrected chi connectivity index (χ2v) is 2.18. The number of aromatic amines is 1. The molecule has 3 nitrogen and oxygen atoms in total. The van der Waals surface area contributed by atoms with Gasteiger partial charge in [-0.25, -0.2) is 4.79 Å². The van der Waals surface area contributed by atoms with E-state index in [4.69, 9.17) is 5.11 Å². The summed E-state index contributed by atoms with van der Waals surface area (Å²) >= 11 is 0. The minimum atomic E-state index is -0.896. The number of rotatable bonds is 1. The van der Waals surface area contributed by atoms with Crippen LogP contribution in [0.1, 0.15) is 21.6 Å². The molecule has 10 heavy (non-hydrogen) atoms. The summed E-state index contributed by atoms with van der Waals surface area (Å²) in [6.07, 6.45) is 2.71. The van der Waals surface area contributed by atoms with Crippen molar-refractivity contribution in [2.45, 2.75) is 13.8 Å². The minimum absolute atomic E-state index is 0.333. The first-order valence-corrected chi connectivity index (χ1v) is 2.93. The molecule has 53 valence electrons. The Bertz CT molecular complexity index is 243. The first-order chi connectivity index (χ1) is 4.63. The Morgan fingerprint density at radius 3 is 2.40 bits per heavy atom. The Morgan fingerprint density at radius 1 is 1.60 bits per heavy atom. The molecule has 3 heteroatoms. The Morgan fingerprint density at radius 2 is 2.20 bits per heavy atom. The van der Waals surface area contributed by atoms with Gasteiger partial charge in [-0.1, -0.05) is 0 Å². The van der Waals surface area contributed by atoms with Gasteiger partial charge in [0, 0.05) is 5.69 Å². The second-order valence-electron chi connectivity index (χ2n) is 2.18. The fourth-order valence-electron chi connectivity index (χ4n) is 0.915. The van der Waals surface area contributed by atoms with E-state index in [2.05, 4.69) is 11.2 Å². The molecule has 0 saturated heterocycles. The van der Waals surface area contributed by atoms with Crippen LogP contribution in [0.25, 0.3) is 0 Å². The van der Waals surface area contributed by atoms with Crippen LogP contribution in [0.15, 0.2) is 0 Å². The van der Waals surface area contributed by atoms with Gasteiger partial charge in [-0.3, -0.25) is 0 Å². The lowest BCUT2D eigenvalue weighted by Crippen LogP contribution is -1.98. The van der Waals surface area contributed by atoms with Gasteiger partial charge in [-0.05, 0) is 19.4 Å². The number of carboxylic acids is 1. The molecule has 0 aromatic carbocycles. The number of aromatic nitrogens is 1. The van der Waals surface area contributed by atoms with E-state index in [1.165, 1.54) is 0 Å². The monoisotopic (exact) mass is 138 g/mol. The summed E-state index contributed by atoms with van der Waals surface area (Å²) in [6, 6.07) is 0. The van der Waals surface area contributed by atoms with Crippen molar-refractivity contribution < 1.29 is 9.90 Å². The van der Waals surface area contributed by atoms with Gasteiger partial charge in [0.25, 0.3) is 0 Å². The van der Waals surface area contributed by atoms with Gasteiger partial charge < -0.3 is 10.1 Å². The van der Waals surface area contributed by atoms with Crippen LogP contribution in [-0.4, -0.2) is 16.1 Å². The highest BCUT2D eigenvalue weighted by atomic mass is 16.4. The normalized spacial score (nSPS) is 9.80. The van der Waals surface area contributed by atoms with E-state index in [0.717, 1.165) is 0 Å². The average molecular weight is 138 g/mol. The third-order valence-electron chi connectivity index (χ3n) is 1.40. The maximum atomic E-state index is 10.5. The number of aromatic carboxylic acids is 1. The molecule has 0 fully saturated rings. The van der Waals surface area contributed by atoms with E-state index in [1.807, 2.05) is 0 Å². The predicted molar refractivity (Wildman–Crippen MR) is 36.1 cm³/mol. The van der Waals surface area contributed by atoms with Crippen LogP contribution in [-0.2, 0) is 0 Å². The van der Waals surface area contributed by atoms with Crippen molar-refractivity contribution >= 4 is 5.97 Å². The van der Waals surface area contributed by atoms with Gasteiger partial charge in [0.2, 0.25) is 0 Å². The summed E-state index contributed by atoms with van der Waals surface area (Å²) in [5.41, 5.74) is 1.65. The van der Waals surface area contributed by atoms with E-state index in [9.17, 15) is 4.79 Å². The Labute approximate surface area is 58.7 Å². The molecule has 0 unspecified atom stereocenters. The van der Waals surface area contributed by atoms with Gasteiger partial charge in [0.05, 0.1) is 11.8 Å². The fraction of sp³-hybridized carbons (Fsp3) is 0.286. The van der Waals surface area contributed by atoms with Crippen LogP contribution in [0.5, 0.6) is 0 Å². The van der Waals surface area contributed by atoms with Crippen LogP contribution in [0.3, 0.4) is 0 Å². The second kappa shape index (κ2) is 2.17. The van der Waals surface area contributed by atoms with Gasteiger partial charge >= 0.3 is 5.97 Å². The molecule has 0 amide bonds. The molecular weight excluding hydrogens is 130 g/mol. The molecular formula is C7H8NO2. The lowest BCUT2D eigenvalue weighted by Gasteiger charge is -1.91. The van der Waals surface area contributed by atoms with Crippen LogP contribution in [0.4, 0.5) is 0 Å². The number of hydrogen-bond acceptors (Lipinski definition) is 1. The van der Waals surface area contributed by atoms with Gasteiger partial charge in [0.1, 0.15) is 0 Å². The SMILES string of the molecule is Cc1[c][nH]c(C)c1C(=O)O. The molecule has 1 aromatic heterocycles. The van der Waals surface area contributed by atoms with Gasteiger partial charge in [-0.2, -0.15) is 0 Å². The molecule has 0 atom stereocenters. The topological polar surface area (TPSA) is 53.1 Å². The first-order valence-electron chi connectivity index (χ1n) is 2.93. The lowest BCUT2D eigenvalue weighted by molar-refractivity contribution is 0.0695. The highest BCUT2D eigenvalue weighted by molar-refractivity contribution is 5.90. The van der Waals surface area contributed by atoms with Crippen LogP contribution in [0.2, 0.25) is 0 Å². The Kier molecular flexibility index (Phi) is 1.49. The number of carboxylic acid groups (broad SMARTS) is 1. The van der Waals surface area contributed by atoms with E-state index in [1.54, 1.807) is 13.8 Å². The van der Waals surface area contributed by atoms with Crippen molar-refractivity contribution in [3.05, 3.63) is 23.0 Å². The van der Waals surface area contributed by atoms with Crippen LogP contribution < -0.4 is 0 Å². The first kappa shape index (κ1) is 6.86. The average Bonchev–Trinajstić information content (AvgIpc) is 2.11. The van der Waals surface area contributed by atoms with E-state index < -0.39 is 5.97 Å². The van der Waals surface area contributed by atoms with E-state index >= 15 is 0 Å². The zero-order valence-corrected chi connectivity index (χ0v) is 5.86. The smallest absolute Gasteiger partial charge is 0.337 e. The number of hydrogen-bond donors (Lipinski definition) is 2. The van der Waals surface area contributed by atoms with Gasteiger partial charge in [0.15, 0.2) is 0 Å². The molecule has 1 radical (unpaired) electrons. The molecule has 0 bridgehead atoms. The highest BCUT2D eigenvalue weighted by Gasteiger charge is 2.11. The number of nitrogens with one attached hydrogen (secondary N) is 1. The fourth-order valence-corrected chi connectivity index (χ4v) is 0.915. The number of carbonyl (C=O) groups is 1. The maximum Gasteiger partial charge on any atom is 0.337 e. The van der Waals surface area contributed by atoms with E-state index in [-0.39, 0.29) is 0 Å². The number of H-pyrrole nitrogens is 1. The summed E-state index contributed by atoms with van der Waals surface area (Å²) < 4.78 is 0. The quantitative estimate of drug-likeness (QED) is 0.611. The van der Waals surface area contributed by atoms with Crippen molar-refractivity contribution in [1.29, 1.82) is 0 Å². The van der Waals surface area contributed by atoms with Crippen LogP contribution in [0, 0.1) is 20.0 Å². The van der Waals surface area contributed by atoms with Crippen molar-refractivity contribution in [2.75, 3.05) is 0 Å². The van der Waals surface area contributed by atoms with Crippen molar-refractivity contribution in [3.8, 4) is 0 Å². The molecule has 0 saturated carbocycles. The Hall–Kier alpha value is -1.25.